The molecule has 0 spiro atoms. The summed E-state index contributed by atoms with van der Waals surface area (Å²) in [4.78, 5) is 24.6. The van der Waals surface area contributed by atoms with E-state index in [2.05, 4.69) is 0 Å². The number of hydrogen-bond acceptors (Lipinski definition) is 5. The Labute approximate surface area is 153 Å². The largest absolute Gasteiger partial charge is 0.480 e. The van der Waals surface area contributed by atoms with Crippen LogP contribution in [-0.2, 0) is 19.6 Å². The number of carbonyl (C=O) groups excluding carboxylic acids is 1. The van der Waals surface area contributed by atoms with Gasteiger partial charge in [0.25, 0.3) is 5.91 Å². The number of nitrogens with zero attached hydrogens (tertiary/aromatic N) is 2. The Morgan fingerprint density at radius 1 is 1.27 bits per heavy atom. The molecule has 1 heterocycles. The Morgan fingerprint density at radius 2 is 1.85 bits per heavy atom. The molecule has 1 saturated heterocycles. The highest BCUT2D eigenvalue weighted by molar-refractivity contribution is 7.89. The first-order chi connectivity index (χ1) is 12.0. The second-order valence-electron chi connectivity index (χ2n) is 6.54. The zero-order valence-electron chi connectivity index (χ0n) is 15.2. The van der Waals surface area contributed by atoms with E-state index in [9.17, 15) is 18.0 Å². The lowest BCUT2D eigenvalue weighted by Gasteiger charge is -2.34. The van der Waals surface area contributed by atoms with Crippen molar-refractivity contribution in [2.45, 2.75) is 43.9 Å². The highest BCUT2D eigenvalue weighted by Gasteiger charge is 2.33. The average molecular weight is 384 g/mol. The minimum atomic E-state index is -3.78. The summed E-state index contributed by atoms with van der Waals surface area (Å²) in [5, 5.41) is 9.04. The number of rotatable bonds is 5. The van der Waals surface area contributed by atoms with Gasteiger partial charge in [0.05, 0.1) is 17.1 Å². The molecule has 0 aromatic heterocycles. The van der Waals surface area contributed by atoms with Crippen molar-refractivity contribution < 1.29 is 27.9 Å². The summed E-state index contributed by atoms with van der Waals surface area (Å²) < 4.78 is 32.7. The lowest BCUT2D eigenvalue weighted by Crippen LogP contribution is -2.48. The third-order valence-corrected chi connectivity index (χ3v) is 6.19. The molecule has 144 valence electrons. The van der Waals surface area contributed by atoms with Gasteiger partial charge in [-0.2, -0.15) is 4.31 Å². The predicted octanol–water partition coefficient (Wildman–Crippen LogP) is 1.03. The molecular weight excluding hydrogens is 360 g/mol. The van der Waals surface area contributed by atoms with Crippen LogP contribution in [0.2, 0.25) is 0 Å². The highest BCUT2D eigenvalue weighted by Crippen LogP contribution is 2.22. The number of carbonyl (C=O) groups is 2. The number of amides is 1. The molecule has 8 nitrogen and oxygen atoms in total. The first kappa shape index (κ1) is 20.3. The molecule has 0 bridgehead atoms. The van der Waals surface area contributed by atoms with Crippen LogP contribution in [-0.4, -0.2) is 73.0 Å². The van der Waals surface area contributed by atoms with Gasteiger partial charge in [0.1, 0.15) is 6.04 Å². The molecule has 9 heteroatoms. The second kappa shape index (κ2) is 7.73. The van der Waals surface area contributed by atoms with Crippen LogP contribution >= 0.6 is 0 Å². The SMILES string of the molecule is CC1CN(S(=O)(=O)c2cccc(C(=O)N(C)C(C)C(=O)O)c2)CC(C)O1. The average Bonchev–Trinajstić information content (AvgIpc) is 2.59. The molecule has 1 amide bonds. The van der Waals surface area contributed by atoms with E-state index in [0.717, 1.165) is 4.90 Å². The minimum absolute atomic E-state index is 0.000952. The molecule has 2 rings (SSSR count). The number of likely N-dealkylation sites (N-methyl/N-ethyl adjacent to an activating group) is 1. The van der Waals surface area contributed by atoms with Crippen LogP contribution in [0, 0.1) is 0 Å². The monoisotopic (exact) mass is 384 g/mol. The Balaban J connectivity index is 2.30. The summed E-state index contributed by atoms with van der Waals surface area (Å²) in [5.74, 6) is -1.69. The molecule has 1 aliphatic heterocycles. The number of aliphatic carboxylic acids is 1. The Kier molecular flexibility index (Phi) is 6.05. The van der Waals surface area contributed by atoms with Crippen LogP contribution in [0.25, 0.3) is 0 Å². The van der Waals surface area contributed by atoms with E-state index >= 15 is 0 Å². The molecule has 0 radical (unpaired) electrons. The van der Waals surface area contributed by atoms with Crippen molar-refractivity contribution in [1.29, 1.82) is 0 Å². The predicted molar refractivity (Wildman–Crippen MR) is 94.4 cm³/mol. The third kappa shape index (κ3) is 4.22. The van der Waals surface area contributed by atoms with Gasteiger partial charge in [-0.25, -0.2) is 13.2 Å². The van der Waals surface area contributed by atoms with Crippen molar-refractivity contribution in [3.05, 3.63) is 29.8 Å². The van der Waals surface area contributed by atoms with Crippen LogP contribution < -0.4 is 0 Å². The summed E-state index contributed by atoms with van der Waals surface area (Å²) >= 11 is 0. The Hall–Kier alpha value is -1.97. The maximum atomic E-state index is 12.9. The molecule has 0 saturated carbocycles. The van der Waals surface area contributed by atoms with E-state index < -0.39 is 27.9 Å². The lowest BCUT2D eigenvalue weighted by atomic mass is 10.2. The Bertz CT molecular complexity index is 784. The molecule has 1 fully saturated rings. The summed E-state index contributed by atoms with van der Waals surface area (Å²) in [6, 6.07) is 4.64. The number of hydrogen-bond donors (Lipinski definition) is 1. The van der Waals surface area contributed by atoms with Crippen molar-refractivity contribution in [1.82, 2.24) is 9.21 Å². The molecular formula is C17H24N2O6S. The maximum absolute atomic E-state index is 12.9. The molecule has 1 aliphatic rings. The zero-order valence-corrected chi connectivity index (χ0v) is 16.1. The van der Waals surface area contributed by atoms with Gasteiger partial charge in [-0.05, 0) is 39.0 Å². The minimum Gasteiger partial charge on any atom is -0.480 e. The number of sulfonamides is 1. The zero-order chi connectivity index (χ0) is 19.6. The highest BCUT2D eigenvalue weighted by atomic mass is 32.2. The number of benzene rings is 1. The van der Waals surface area contributed by atoms with Crippen molar-refractivity contribution in [3.8, 4) is 0 Å². The van der Waals surface area contributed by atoms with Crippen molar-refractivity contribution in [2.75, 3.05) is 20.1 Å². The molecule has 0 aliphatic carbocycles. The smallest absolute Gasteiger partial charge is 0.326 e. The number of carboxylic acid groups (broad SMARTS) is 1. The fraction of sp³-hybridized carbons (Fsp3) is 0.529. The van der Waals surface area contributed by atoms with Gasteiger partial charge < -0.3 is 14.7 Å². The van der Waals surface area contributed by atoms with E-state index in [1.165, 1.54) is 42.5 Å². The van der Waals surface area contributed by atoms with Crippen molar-refractivity contribution >= 4 is 21.9 Å². The van der Waals surface area contributed by atoms with Crippen LogP contribution in [0.3, 0.4) is 0 Å². The standard InChI is InChI=1S/C17H24N2O6S/c1-11-9-19(10-12(2)25-11)26(23,24)15-7-5-6-14(8-15)16(20)18(4)13(3)17(21)22/h5-8,11-13H,9-10H2,1-4H3,(H,21,22). The van der Waals surface area contributed by atoms with Crippen molar-refractivity contribution in [2.24, 2.45) is 0 Å². The third-order valence-electron chi connectivity index (χ3n) is 4.36. The van der Waals surface area contributed by atoms with E-state index in [-0.39, 0.29) is 35.8 Å². The van der Waals surface area contributed by atoms with Gasteiger partial charge in [0.15, 0.2) is 0 Å². The normalized spacial score (nSPS) is 22.6. The quantitative estimate of drug-likeness (QED) is 0.813. The van der Waals surface area contributed by atoms with Crippen LogP contribution in [0.15, 0.2) is 29.2 Å². The molecule has 1 aromatic rings. The molecule has 3 atom stereocenters. The van der Waals surface area contributed by atoms with Gasteiger partial charge in [-0.15, -0.1) is 0 Å². The Morgan fingerprint density at radius 3 is 2.38 bits per heavy atom. The number of ether oxygens (including phenoxy) is 1. The number of carboxylic acids is 1. The first-order valence-electron chi connectivity index (χ1n) is 8.29. The van der Waals surface area contributed by atoms with E-state index in [4.69, 9.17) is 9.84 Å². The fourth-order valence-electron chi connectivity index (χ4n) is 2.81. The van der Waals surface area contributed by atoms with Crippen LogP contribution in [0.4, 0.5) is 0 Å². The van der Waals surface area contributed by atoms with Gasteiger partial charge >= 0.3 is 5.97 Å². The fourth-order valence-corrected chi connectivity index (χ4v) is 4.45. The summed E-state index contributed by atoms with van der Waals surface area (Å²) in [7, 11) is -2.41. The lowest BCUT2D eigenvalue weighted by molar-refractivity contribution is -0.141. The van der Waals surface area contributed by atoms with Crippen molar-refractivity contribution in [3.63, 3.8) is 0 Å². The summed E-state index contributed by atoms with van der Waals surface area (Å²) in [6.07, 6.45) is -0.443. The molecule has 1 aromatic carbocycles. The van der Waals surface area contributed by atoms with Crippen LogP contribution in [0.1, 0.15) is 31.1 Å². The van der Waals surface area contributed by atoms with E-state index in [0.29, 0.717) is 0 Å². The van der Waals surface area contributed by atoms with E-state index in [1.54, 1.807) is 13.8 Å². The first-order valence-corrected chi connectivity index (χ1v) is 9.73. The van der Waals surface area contributed by atoms with Crippen LogP contribution in [0.5, 0.6) is 0 Å². The number of morpholine rings is 1. The topological polar surface area (TPSA) is 104 Å². The maximum Gasteiger partial charge on any atom is 0.326 e. The van der Waals surface area contributed by atoms with Gasteiger partial charge in [-0.3, -0.25) is 4.79 Å². The van der Waals surface area contributed by atoms with Gasteiger partial charge in [0, 0.05) is 25.7 Å². The van der Waals surface area contributed by atoms with Gasteiger partial charge in [0.2, 0.25) is 10.0 Å². The summed E-state index contributed by atoms with van der Waals surface area (Å²) in [5.41, 5.74) is 0.121. The van der Waals surface area contributed by atoms with Gasteiger partial charge in [-0.1, -0.05) is 6.07 Å². The molecule has 3 unspecified atom stereocenters. The summed E-state index contributed by atoms with van der Waals surface area (Å²) in [6.45, 7) is 5.47. The second-order valence-corrected chi connectivity index (χ2v) is 8.48. The van der Waals surface area contributed by atoms with E-state index in [1.807, 2.05) is 0 Å². The molecule has 26 heavy (non-hydrogen) atoms. The molecule has 1 N–H and O–H groups in total.